The number of hydrogen-bond donors (Lipinski definition) is 1. The summed E-state index contributed by atoms with van der Waals surface area (Å²) in [6.07, 6.45) is -0.0149. The Labute approximate surface area is 196 Å². The number of amides is 1. The van der Waals surface area contributed by atoms with Crippen molar-refractivity contribution in [3.05, 3.63) is 86.1 Å². The molecule has 0 saturated carbocycles. The molecule has 0 fully saturated rings. The molecule has 2 aromatic heterocycles. The highest BCUT2D eigenvalue weighted by Gasteiger charge is 2.20. The molecule has 1 N–H and O–H groups in total. The largest absolute Gasteiger partial charge is 0.352 e. The Morgan fingerprint density at radius 1 is 1.15 bits per heavy atom. The van der Waals surface area contributed by atoms with Crippen molar-refractivity contribution in [2.24, 2.45) is 0 Å². The Morgan fingerprint density at radius 2 is 1.88 bits per heavy atom. The smallest absolute Gasteiger partial charge is 0.339 e. The van der Waals surface area contributed by atoms with Crippen molar-refractivity contribution < 1.29 is 13.7 Å². The quantitative estimate of drug-likeness (QED) is 0.427. The molecular weight excluding hydrogens is 467 g/mol. The molecule has 34 heavy (non-hydrogen) atoms. The molecule has 0 spiro atoms. The minimum absolute atomic E-state index is 0.0477. The number of aromatic nitrogens is 5. The normalized spacial score (nSPS) is 10.9. The second-order valence-corrected chi connectivity index (χ2v) is 7.54. The topological polar surface area (TPSA) is 125 Å². The van der Waals surface area contributed by atoms with Gasteiger partial charge in [-0.3, -0.25) is 14.2 Å². The van der Waals surface area contributed by atoms with Crippen LogP contribution in [0.5, 0.6) is 0 Å². The van der Waals surface area contributed by atoms with E-state index in [1.807, 2.05) is 0 Å². The van der Waals surface area contributed by atoms with Crippen LogP contribution in [0.4, 0.5) is 10.1 Å². The summed E-state index contributed by atoms with van der Waals surface area (Å²) in [6, 6.07) is 12.1. The summed E-state index contributed by atoms with van der Waals surface area (Å²) in [6.45, 7) is 1.75. The lowest BCUT2D eigenvalue weighted by Crippen LogP contribution is -2.41. The molecule has 1 amide bonds. The second-order valence-electron chi connectivity index (χ2n) is 7.11. The molecule has 2 aromatic carbocycles. The van der Waals surface area contributed by atoms with Gasteiger partial charge >= 0.3 is 5.69 Å². The second kappa shape index (κ2) is 9.79. The van der Waals surface area contributed by atoms with Gasteiger partial charge in [-0.05, 0) is 43.3 Å². The van der Waals surface area contributed by atoms with E-state index < -0.39 is 23.0 Å². The number of rotatable bonds is 7. The minimum atomic E-state index is -0.678. The van der Waals surface area contributed by atoms with E-state index in [-0.39, 0.29) is 42.5 Å². The van der Waals surface area contributed by atoms with Gasteiger partial charge in [0.25, 0.3) is 5.56 Å². The van der Waals surface area contributed by atoms with Gasteiger partial charge in [0.2, 0.25) is 17.6 Å². The summed E-state index contributed by atoms with van der Waals surface area (Å²) in [5.41, 5.74) is -1.05. The molecule has 12 heteroatoms. The Hall–Kier alpha value is -4.12. The van der Waals surface area contributed by atoms with E-state index in [1.165, 1.54) is 18.2 Å². The van der Waals surface area contributed by atoms with Gasteiger partial charge in [-0.25, -0.2) is 9.18 Å². The van der Waals surface area contributed by atoms with E-state index in [1.54, 1.807) is 37.3 Å². The van der Waals surface area contributed by atoms with Crippen LogP contribution in [0.1, 0.15) is 19.2 Å². The van der Waals surface area contributed by atoms with Crippen molar-refractivity contribution in [1.29, 1.82) is 0 Å². The van der Waals surface area contributed by atoms with Crippen molar-refractivity contribution in [3.8, 4) is 17.2 Å². The third-order valence-corrected chi connectivity index (χ3v) is 5.09. The molecule has 0 saturated heterocycles. The number of anilines is 1. The Balaban J connectivity index is 1.58. The third kappa shape index (κ3) is 4.79. The summed E-state index contributed by atoms with van der Waals surface area (Å²) in [4.78, 5) is 41.8. The van der Waals surface area contributed by atoms with E-state index in [4.69, 9.17) is 16.1 Å². The molecule has 0 aliphatic carbocycles. The van der Waals surface area contributed by atoms with Crippen molar-refractivity contribution in [2.45, 2.75) is 26.3 Å². The van der Waals surface area contributed by atoms with E-state index in [9.17, 15) is 18.8 Å². The fourth-order valence-corrected chi connectivity index (χ4v) is 3.26. The maximum Gasteiger partial charge on any atom is 0.352 e. The van der Waals surface area contributed by atoms with E-state index in [0.717, 1.165) is 9.25 Å². The summed E-state index contributed by atoms with van der Waals surface area (Å²) in [5.74, 6) is -1.05. The molecule has 0 aliphatic heterocycles. The lowest BCUT2D eigenvalue weighted by molar-refractivity contribution is -0.116. The SMILES string of the molecule is CCn1c(=O)c(-c2noc(CCC(=O)Nc3ccccc3F)n2)nn(-c2ccc(Cl)cc2)c1=O. The number of halogens is 2. The molecule has 0 bridgehead atoms. The molecule has 10 nitrogen and oxygen atoms in total. The zero-order valence-corrected chi connectivity index (χ0v) is 18.6. The Kier molecular flexibility index (Phi) is 6.64. The van der Waals surface area contributed by atoms with Gasteiger partial charge < -0.3 is 9.84 Å². The number of carbonyl (C=O) groups is 1. The first kappa shape index (κ1) is 23.1. The van der Waals surface area contributed by atoms with Crippen LogP contribution in [0, 0.1) is 5.82 Å². The molecule has 174 valence electrons. The molecule has 0 atom stereocenters. The average Bonchev–Trinajstić information content (AvgIpc) is 3.29. The van der Waals surface area contributed by atoms with Gasteiger partial charge in [0.15, 0.2) is 5.69 Å². The highest BCUT2D eigenvalue weighted by Crippen LogP contribution is 2.15. The number of benzene rings is 2. The van der Waals surface area contributed by atoms with E-state index >= 15 is 0 Å². The van der Waals surface area contributed by atoms with Gasteiger partial charge in [-0.15, -0.1) is 0 Å². The van der Waals surface area contributed by atoms with Crippen LogP contribution in [-0.2, 0) is 17.8 Å². The number of para-hydroxylation sites is 1. The molecule has 0 radical (unpaired) electrons. The van der Waals surface area contributed by atoms with Crippen LogP contribution >= 0.6 is 11.6 Å². The molecule has 4 rings (SSSR count). The third-order valence-electron chi connectivity index (χ3n) is 4.84. The standard InChI is InChI=1S/C22H18ClFN6O4/c1-2-29-21(32)19(27-30(22(29)33)14-9-7-13(23)8-10-14)20-26-18(34-28-20)12-11-17(31)25-16-6-4-3-5-15(16)24/h3-10H,2,11-12H2,1H3,(H,25,31). The van der Waals surface area contributed by atoms with Crippen LogP contribution in [0.3, 0.4) is 0 Å². The molecule has 4 aromatic rings. The summed E-state index contributed by atoms with van der Waals surface area (Å²) < 4.78 is 20.9. The lowest BCUT2D eigenvalue weighted by Gasteiger charge is -2.09. The van der Waals surface area contributed by atoms with E-state index in [2.05, 4.69) is 20.6 Å². The zero-order chi connectivity index (χ0) is 24.2. The Morgan fingerprint density at radius 3 is 2.59 bits per heavy atom. The molecular formula is C22H18ClFN6O4. The monoisotopic (exact) mass is 484 g/mol. The number of aryl methyl sites for hydroxylation is 1. The van der Waals surface area contributed by atoms with Crippen LogP contribution < -0.4 is 16.6 Å². The first-order valence-corrected chi connectivity index (χ1v) is 10.6. The zero-order valence-electron chi connectivity index (χ0n) is 17.9. The fourth-order valence-electron chi connectivity index (χ4n) is 3.13. The van der Waals surface area contributed by atoms with Crippen LogP contribution in [-0.4, -0.2) is 30.4 Å². The number of hydrogen-bond acceptors (Lipinski definition) is 7. The first-order valence-electron chi connectivity index (χ1n) is 10.2. The van der Waals surface area contributed by atoms with E-state index in [0.29, 0.717) is 10.7 Å². The van der Waals surface area contributed by atoms with Crippen molar-refractivity contribution in [2.75, 3.05) is 5.32 Å². The lowest BCUT2D eigenvalue weighted by atomic mass is 10.2. The van der Waals surface area contributed by atoms with Crippen molar-refractivity contribution in [3.63, 3.8) is 0 Å². The van der Waals surface area contributed by atoms with Gasteiger partial charge in [-0.1, -0.05) is 28.9 Å². The van der Waals surface area contributed by atoms with Crippen LogP contribution in [0.15, 0.2) is 62.6 Å². The summed E-state index contributed by atoms with van der Waals surface area (Å²) in [5, 5.41) is 10.9. The average molecular weight is 485 g/mol. The summed E-state index contributed by atoms with van der Waals surface area (Å²) >= 11 is 5.92. The number of nitrogens with one attached hydrogen (secondary N) is 1. The van der Waals surface area contributed by atoms with Gasteiger partial charge in [0.05, 0.1) is 11.4 Å². The van der Waals surface area contributed by atoms with Gasteiger partial charge in [-0.2, -0.15) is 14.8 Å². The molecule has 2 heterocycles. The fraction of sp³-hybridized carbons (Fsp3) is 0.182. The first-order chi connectivity index (χ1) is 16.4. The highest BCUT2D eigenvalue weighted by atomic mass is 35.5. The molecule has 0 unspecified atom stereocenters. The maximum atomic E-state index is 13.7. The minimum Gasteiger partial charge on any atom is -0.339 e. The summed E-state index contributed by atoms with van der Waals surface area (Å²) in [7, 11) is 0. The highest BCUT2D eigenvalue weighted by molar-refractivity contribution is 6.30. The predicted molar refractivity (Wildman–Crippen MR) is 121 cm³/mol. The van der Waals surface area contributed by atoms with Crippen LogP contribution in [0.25, 0.3) is 17.2 Å². The van der Waals surface area contributed by atoms with Crippen molar-refractivity contribution in [1.82, 2.24) is 24.5 Å². The van der Waals surface area contributed by atoms with Crippen LogP contribution in [0.2, 0.25) is 5.02 Å². The Bertz CT molecular complexity index is 1460. The van der Waals surface area contributed by atoms with Gasteiger partial charge in [0.1, 0.15) is 5.82 Å². The predicted octanol–water partition coefficient (Wildman–Crippen LogP) is 2.83. The maximum absolute atomic E-state index is 13.7. The number of carbonyl (C=O) groups excluding carboxylic acids is 1. The van der Waals surface area contributed by atoms with Crippen molar-refractivity contribution >= 4 is 23.2 Å². The molecule has 0 aliphatic rings. The number of nitrogens with zero attached hydrogens (tertiary/aromatic N) is 5. The van der Waals surface area contributed by atoms with Gasteiger partial charge in [0, 0.05) is 24.4 Å².